The van der Waals surface area contributed by atoms with Crippen molar-refractivity contribution >= 4 is 17.1 Å². The van der Waals surface area contributed by atoms with Gasteiger partial charge >= 0.3 is 0 Å². The normalized spacial score (nSPS) is 10.0. The van der Waals surface area contributed by atoms with Gasteiger partial charge in [-0.2, -0.15) is 5.12 Å². The Morgan fingerprint density at radius 1 is 0.591 bits per heavy atom. The molecule has 0 saturated heterocycles. The molecular formula is C18H16FN3. The highest BCUT2D eigenvalue weighted by molar-refractivity contribution is 5.60. The van der Waals surface area contributed by atoms with Gasteiger partial charge < -0.3 is 0 Å². The molecule has 0 unspecified atom stereocenters. The molecule has 0 spiro atoms. The van der Waals surface area contributed by atoms with Gasteiger partial charge in [0.25, 0.3) is 0 Å². The monoisotopic (exact) mass is 293 g/mol. The van der Waals surface area contributed by atoms with E-state index in [0.717, 1.165) is 5.69 Å². The maximum atomic E-state index is 14.9. The van der Waals surface area contributed by atoms with Crippen molar-refractivity contribution in [3.63, 3.8) is 0 Å². The number of halogens is 1. The summed E-state index contributed by atoms with van der Waals surface area (Å²) in [7, 11) is 0. The number of hydrazine groups is 2. The van der Waals surface area contributed by atoms with Gasteiger partial charge in [-0.3, -0.25) is 5.43 Å². The SMILES string of the molecule is FN(c1ccccc1)N(Nc1ccccc1)c1ccccc1. The van der Waals surface area contributed by atoms with Gasteiger partial charge in [-0.05, 0) is 36.4 Å². The number of hydrogen-bond acceptors (Lipinski definition) is 3. The average molecular weight is 293 g/mol. The van der Waals surface area contributed by atoms with Crippen molar-refractivity contribution in [3.8, 4) is 0 Å². The van der Waals surface area contributed by atoms with Crippen LogP contribution in [0.25, 0.3) is 0 Å². The van der Waals surface area contributed by atoms with Gasteiger partial charge in [0.15, 0.2) is 0 Å². The molecule has 1 N–H and O–H groups in total. The average Bonchev–Trinajstić information content (AvgIpc) is 2.61. The summed E-state index contributed by atoms with van der Waals surface area (Å²) in [5.74, 6) is 0. The number of nitrogens with one attached hydrogen (secondary N) is 1. The minimum atomic E-state index is 0.440. The second kappa shape index (κ2) is 6.63. The topological polar surface area (TPSA) is 18.5 Å². The summed E-state index contributed by atoms with van der Waals surface area (Å²) in [6, 6.07) is 27.7. The molecule has 3 aromatic carbocycles. The lowest BCUT2D eigenvalue weighted by Crippen LogP contribution is -2.41. The third kappa shape index (κ3) is 3.17. The number of anilines is 3. The first-order valence-corrected chi connectivity index (χ1v) is 7.02. The largest absolute Gasteiger partial charge is 0.277 e. The van der Waals surface area contributed by atoms with Crippen molar-refractivity contribution in [1.82, 2.24) is 0 Å². The summed E-state index contributed by atoms with van der Waals surface area (Å²) < 4.78 is 14.9. The van der Waals surface area contributed by atoms with Crippen molar-refractivity contribution < 1.29 is 4.48 Å². The lowest BCUT2D eigenvalue weighted by atomic mass is 10.3. The van der Waals surface area contributed by atoms with Crippen LogP contribution in [0.3, 0.4) is 0 Å². The molecule has 0 aromatic heterocycles. The van der Waals surface area contributed by atoms with Crippen molar-refractivity contribution in [2.24, 2.45) is 0 Å². The molecule has 0 aliphatic rings. The van der Waals surface area contributed by atoms with E-state index in [4.69, 9.17) is 0 Å². The van der Waals surface area contributed by atoms with E-state index in [1.807, 2.05) is 66.7 Å². The highest BCUT2D eigenvalue weighted by atomic mass is 19.2. The first-order valence-electron chi connectivity index (χ1n) is 7.02. The van der Waals surface area contributed by atoms with Crippen LogP contribution in [0.5, 0.6) is 0 Å². The lowest BCUT2D eigenvalue weighted by Gasteiger charge is -2.31. The summed E-state index contributed by atoms with van der Waals surface area (Å²) in [6.07, 6.45) is 0. The van der Waals surface area contributed by atoms with Crippen LogP contribution < -0.4 is 15.8 Å². The molecule has 0 radical (unpaired) electrons. The molecule has 0 heterocycles. The van der Waals surface area contributed by atoms with Crippen LogP contribution >= 0.6 is 0 Å². The van der Waals surface area contributed by atoms with E-state index in [9.17, 15) is 4.48 Å². The van der Waals surface area contributed by atoms with Crippen LogP contribution in [0.1, 0.15) is 0 Å². The number of hydrogen-bond donors (Lipinski definition) is 1. The van der Waals surface area contributed by atoms with Crippen LogP contribution in [0, 0.1) is 0 Å². The van der Waals surface area contributed by atoms with Crippen LogP contribution in [0.15, 0.2) is 91.0 Å². The zero-order valence-electron chi connectivity index (χ0n) is 11.9. The Labute approximate surface area is 129 Å². The molecule has 4 heteroatoms. The Hall–Kier alpha value is -3.01. The van der Waals surface area contributed by atoms with Crippen LogP contribution in [-0.4, -0.2) is 0 Å². The zero-order chi connectivity index (χ0) is 15.2. The highest BCUT2D eigenvalue weighted by Gasteiger charge is 2.16. The van der Waals surface area contributed by atoms with E-state index in [1.54, 1.807) is 24.3 Å². The first-order chi connectivity index (χ1) is 10.8. The number of nitrogens with zero attached hydrogens (tertiary/aromatic N) is 2. The lowest BCUT2D eigenvalue weighted by molar-refractivity contribution is 0.425. The Kier molecular flexibility index (Phi) is 4.20. The van der Waals surface area contributed by atoms with Gasteiger partial charge in [0, 0.05) is 0 Å². The zero-order valence-corrected chi connectivity index (χ0v) is 11.9. The fourth-order valence-electron chi connectivity index (χ4n) is 2.08. The van der Waals surface area contributed by atoms with E-state index in [0.29, 0.717) is 16.6 Å². The van der Waals surface area contributed by atoms with Crippen LogP contribution in [-0.2, 0) is 0 Å². The van der Waals surface area contributed by atoms with E-state index in [1.165, 1.54) is 5.12 Å². The smallest absolute Gasteiger partial charge is 0.0953 e. The molecule has 3 aromatic rings. The molecule has 0 amide bonds. The fraction of sp³-hybridized carbons (Fsp3) is 0. The summed E-state index contributed by atoms with van der Waals surface area (Å²) >= 11 is 0. The molecule has 3 rings (SSSR count). The third-order valence-electron chi connectivity index (χ3n) is 3.15. The maximum absolute atomic E-state index is 14.9. The van der Waals surface area contributed by atoms with Crippen molar-refractivity contribution in [1.29, 1.82) is 0 Å². The molecule has 0 fully saturated rings. The third-order valence-corrected chi connectivity index (χ3v) is 3.15. The fourth-order valence-corrected chi connectivity index (χ4v) is 2.08. The Bertz CT molecular complexity index is 689. The van der Waals surface area contributed by atoms with Gasteiger partial charge in [0.2, 0.25) is 0 Å². The highest BCUT2D eigenvalue weighted by Crippen LogP contribution is 2.23. The molecule has 0 aliphatic heterocycles. The molecule has 0 atom stereocenters. The number of para-hydroxylation sites is 3. The van der Waals surface area contributed by atoms with Crippen molar-refractivity contribution in [2.75, 3.05) is 15.8 Å². The summed E-state index contributed by atoms with van der Waals surface area (Å²) in [6.45, 7) is 0. The minimum Gasteiger partial charge on any atom is -0.277 e. The Balaban J connectivity index is 1.93. The van der Waals surface area contributed by atoms with Gasteiger partial charge in [-0.25, -0.2) is 0 Å². The number of rotatable bonds is 5. The molecule has 0 saturated carbocycles. The van der Waals surface area contributed by atoms with Crippen molar-refractivity contribution in [2.45, 2.75) is 0 Å². The molecule has 22 heavy (non-hydrogen) atoms. The Morgan fingerprint density at radius 2 is 1.05 bits per heavy atom. The quantitative estimate of drug-likeness (QED) is 0.537. The van der Waals surface area contributed by atoms with Crippen LogP contribution in [0.2, 0.25) is 0 Å². The van der Waals surface area contributed by atoms with Gasteiger partial charge in [-0.15, -0.1) is 0 Å². The first kappa shape index (κ1) is 13.9. The summed E-state index contributed by atoms with van der Waals surface area (Å²) in [5.41, 5.74) is 5.01. The van der Waals surface area contributed by atoms with E-state index in [2.05, 4.69) is 5.43 Å². The van der Waals surface area contributed by atoms with Gasteiger partial charge in [0.05, 0.1) is 17.1 Å². The van der Waals surface area contributed by atoms with E-state index in [-0.39, 0.29) is 0 Å². The standard InChI is InChI=1S/C18H16FN3/c19-21(17-12-6-2-7-13-17)22(18-14-8-3-9-15-18)20-16-10-4-1-5-11-16/h1-15,20H. The molecular weight excluding hydrogens is 277 g/mol. The molecule has 0 aliphatic carbocycles. The maximum Gasteiger partial charge on any atom is 0.0953 e. The summed E-state index contributed by atoms with van der Waals surface area (Å²) in [5, 5.41) is 1.95. The predicted molar refractivity (Wildman–Crippen MR) is 89.0 cm³/mol. The van der Waals surface area contributed by atoms with Crippen LogP contribution in [0.4, 0.5) is 21.5 Å². The van der Waals surface area contributed by atoms with Gasteiger partial charge in [-0.1, -0.05) is 64.3 Å². The second-order valence-corrected chi connectivity index (χ2v) is 4.72. The van der Waals surface area contributed by atoms with E-state index < -0.39 is 0 Å². The van der Waals surface area contributed by atoms with Crippen molar-refractivity contribution in [3.05, 3.63) is 91.0 Å². The Morgan fingerprint density at radius 3 is 1.59 bits per heavy atom. The number of benzene rings is 3. The molecule has 110 valence electrons. The molecule has 0 bridgehead atoms. The predicted octanol–water partition coefficient (Wildman–Crippen LogP) is 4.83. The summed E-state index contributed by atoms with van der Waals surface area (Å²) in [4.78, 5) is 0. The second-order valence-electron chi connectivity index (χ2n) is 4.72. The van der Waals surface area contributed by atoms with E-state index >= 15 is 0 Å². The van der Waals surface area contributed by atoms with Gasteiger partial charge in [0.1, 0.15) is 0 Å². The molecule has 3 nitrogen and oxygen atoms in total. The minimum absolute atomic E-state index is 0.440.